The number of amides is 2. The van der Waals surface area contributed by atoms with Crippen LogP contribution in [0.15, 0.2) is 30.6 Å². The SMILES string of the molecule is Cn1cc2c(c1C(=O)Nc1ccc(F)c(Cl)c1)CC[C@@H]2NC(=O)OCc1cn[nH]n1. The number of carbonyl (C=O) groups is 2. The Labute approximate surface area is 175 Å². The Balaban J connectivity index is 1.44. The molecule has 9 nitrogen and oxygen atoms in total. The molecule has 2 amide bonds. The van der Waals surface area contributed by atoms with Gasteiger partial charge in [-0.15, -0.1) is 0 Å². The van der Waals surface area contributed by atoms with Crippen LogP contribution < -0.4 is 10.6 Å². The van der Waals surface area contributed by atoms with Crippen LogP contribution in [0.4, 0.5) is 14.9 Å². The predicted octanol–water partition coefficient (Wildman–Crippen LogP) is 3.10. The fourth-order valence-electron chi connectivity index (χ4n) is 3.54. The molecule has 2 heterocycles. The van der Waals surface area contributed by atoms with E-state index in [4.69, 9.17) is 16.3 Å². The van der Waals surface area contributed by atoms with E-state index in [0.29, 0.717) is 29.9 Å². The van der Waals surface area contributed by atoms with Gasteiger partial charge in [-0.2, -0.15) is 15.4 Å². The number of nitrogens with zero attached hydrogens (tertiary/aromatic N) is 3. The highest BCUT2D eigenvalue weighted by Crippen LogP contribution is 2.35. The van der Waals surface area contributed by atoms with E-state index in [1.807, 2.05) is 6.20 Å². The molecule has 0 saturated heterocycles. The molecule has 11 heteroatoms. The minimum absolute atomic E-state index is 0.00455. The number of carbonyl (C=O) groups excluding carboxylic acids is 2. The minimum atomic E-state index is -0.577. The lowest BCUT2D eigenvalue weighted by Gasteiger charge is -2.12. The van der Waals surface area contributed by atoms with E-state index in [2.05, 4.69) is 26.0 Å². The van der Waals surface area contributed by atoms with E-state index in [0.717, 1.165) is 11.1 Å². The summed E-state index contributed by atoms with van der Waals surface area (Å²) in [7, 11) is 1.75. The van der Waals surface area contributed by atoms with Crippen molar-refractivity contribution in [3.8, 4) is 0 Å². The number of fused-ring (bicyclic) bond motifs is 1. The minimum Gasteiger partial charge on any atom is -0.443 e. The fourth-order valence-corrected chi connectivity index (χ4v) is 3.72. The van der Waals surface area contributed by atoms with Crippen LogP contribution >= 0.6 is 11.6 Å². The van der Waals surface area contributed by atoms with Crippen molar-refractivity contribution in [1.82, 2.24) is 25.3 Å². The van der Waals surface area contributed by atoms with Crippen LogP contribution in [0.1, 0.15) is 39.8 Å². The fraction of sp³-hybridized carbons (Fsp3) is 0.263. The summed E-state index contributed by atoms with van der Waals surface area (Å²) < 4.78 is 20.2. The summed E-state index contributed by atoms with van der Waals surface area (Å²) in [5.41, 5.74) is 3.09. The molecule has 1 aliphatic carbocycles. The van der Waals surface area contributed by atoms with Gasteiger partial charge in [0.1, 0.15) is 23.8 Å². The number of hydrogen-bond donors (Lipinski definition) is 3. The zero-order valence-electron chi connectivity index (χ0n) is 15.9. The molecule has 3 N–H and O–H groups in total. The molecule has 1 aliphatic rings. The number of aromatic amines is 1. The second kappa shape index (κ2) is 8.15. The van der Waals surface area contributed by atoms with Crippen molar-refractivity contribution in [1.29, 1.82) is 0 Å². The first kappa shape index (κ1) is 19.9. The summed E-state index contributed by atoms with van der Waals surface area (Å²) in [6.07, 6.45) is 3.98. The molecule has 0 bridgehead atoms. The first-order valence-electron chi connectivity index (χ1n) is 9.15. The summed E-state index contributed by atoms with van der Waals surface area (Å²) in [4.78, 5) is 24.9. The van der Waals surface area contributed by atoms with Crippen molar-refractivity contribution >= 4 is 29.3 Å². The molecule has 1 atom stereocenters. The van der Waals surface area contributed by atoms with Crippen molar-refractivity contribution in [3.63, 3.8) is 0 Å². The lowest BCUT2D eigenvalue weighted by molar-refractivity contribution is 0.101. The molecule has 2 aromatic heterocycles. The van der Waals surface area contributed by atoms with Gasteiger partial charge in [-0.05, 0) is 42.2 Å². The van der Waals surface area contributed by atoms with E-state index < -0.39 is 11.9 Å². The van der Waals surface area contributed by atoms with Gasteiger partial charge in [0.2, 0.25) is 0 Å². The van der Waals surface area contributed by atoms with Gasteiger partial charge in [-0.1, -0.05) is 11.6 Å². The molecule has 0 aliphatic heterocycles. The molecule has 0 unspecified atom stereocenters. The Kier molecular flexibility index (Phi) is 5.40. The zero-order chi connectivity index (χ0) is 21.3. The lowest BCUT2D eigenvalue weighted by atomic mass is 10.1. The maximum atomic E-state index is 13.3. The van der Waals surface area contributed by atoms with E-state index in [9.17, 15) is 14.0 Å². The van der Waals surface area contributed by atoms with Crippen molar-refractivity contribution in [2.24, 2.45) is 7.05 Å². The van der Waals surface area contributed by atoms with Crippen molar-refractivity contribution in [2.45, 2.75) is 25.5 Å². The molecule has 0 fully saturated rings. The van der Waals surface area contributed by atoms with Crippen molar-refractivity contribution in [2.75, 3.05) is 5.32 Å². The molecule has 0 radical (unpaired) electrons. The van der Waals surface area contributed by atoms with Gasteiger partial charge in [0.15, 0.2) is 0 Å². The maximum absolute atomic E-state index is 13.3. The van der Waals surface area contributed by atoms with E-state index >= 15 is 0 Å². The Hall–Kier alpha value is -3.40. The number of H-pyrrole nitrogens is 1. The number of aryl methyl sites for hydroxylation is 1. The summed E-state index contributed by atoms with van der Waals surface area (Å²) in [6, 6.07) is 3.72. The Morgan fingerprint density at radius 1 is 1.43 bits per heavy atom. The number of rotatable bonds is 5. The zero-order valence-corrected chi connectivity index (χ0v) is 16.7. The molecular weight excluding hydrogens is 415 g/mol. The lowest BCUT2D eigenvalue weighted by Crippen LogP contribution is -2.27. The second-order valence-electron chi connectivity index (χ2n) is 6.88. The third-order valence-electron chi connectivity index (χ3n) is 4.88. The largest absolute Gasteiger partial charge is 0.443 e. The van der Waals surface area contributed by atoms with Crippen LogP contribution in [0.5, 0.6) is 0 Å². The number of ether oxygens (including phenoxy) is 1. The Bertz CT molecular complexity index is 1100. The molecular formula is C19H18ClFN6O3. The van der Waals surface area contributed by atoms with Crippen LogP contribution in [0.25, 0.3) is 0 Å². The van der Waals surface area contributed by atoms with Crippen LogP contribution in [-0.4, -0.2) is 32.0 Å². The number of benzene rings is 1. The maximum Gasteiger partial charge on any atom is 0.408 e. The van der Waals surface area contributed by atoms with Crippen LogP contribution in [0.3, 0.4) is 0 Å². The summed E-state index contributed by atoms with van der Waals surface area (Å²) >= 11 is 5.78. The smallest absolute Gasteiger partial charge is 0.408 e. The quantitative estimate of drug-likeness (QED) is 0.573. The number of nitrogens with one attached hydrogen (secondary N) is 3. The van der Waals surface area contributed by atoms with Crippen molar-refractivity contribution < 1.29 is 18.7 Å². The third-order valence-corrected chi connectivity index (χ3v) is 5.17. The first-order valence-corrected chi connectivity index (χ1v) is 9.52. The summed E-state index contributed by atoms with van der Waals surface area (Å²) in [5.74, 6) is -0.894. The van der Waals surface area contributed by atoms with E-state index in [-0.39, 0.29) is 23.6 Å². The number of anilines is 1. The molecule has 1 aromatic carbocycles. The first-order chi connectivity index (χ1) is 14.4. The molecule has 3 aromatic rings. The van der Waals surface area contributed by atoms with Gasteiger partial charge in [0, 0.05) is 18.9 Å². The van der Waals surface area contributed by atoms with E-state index in [1.165, 1.54) is 24.4 Å². The molecule has 4 rings (SSSR count). The Morgan fingerprint density at radius 3 is 3.00 bits per heavy atom. The normalized spacial score (nSPS) is 15.0. The molecule has 0 saturated carbocycles. The summed E-state index contributed by atoms with van der Waals surface area (Å²) in [6.45, 7) is 0.00455. The standard InChI is InChI=1S/C19H18ClFN6O3/c1-27-8-13-12(17(27)18(28)23-10-2-4-15(21)14(20)6-10)3-5-16(13)24-19(29)30-9-11-7-22-26-25-11/h2,4,6-8,16H,3,5,9H2,1H3,(H,23,28)(H,24,29)(H,22,25,26)/t16-/m0/s1. The number of aromatic nitrogens is 4. The number of halogens is 2. The molecule has 156 valence electrons. The highest BCUT2D eigenvalue weighted by Gasteiger charge is 2.31. The van der Waals surface area contributed by atoms with Gasteiger partial charge in [-0.25, -0.2) is 9.18 Å². The van der Waals surface area contributed by atoms with Gasteiger partial charge in [0.05, 0.1) is 17.3 Å². The van der Waals surface area contributed by atoms with Crippen molar-refractivity contribution in [3.05, 3.63) is 63.9 Å². The van der Waals surface area contributed by atoms with Gasteiger partial charge in [0.25, 0.3) is 5.91 Å². The van der Waals surface area contributed by atoms with Crippen LogP contribution in [0.2, 0.25) is 5.02 Å². The highest BCUT2D eigenvalue weighted by atomic mass is 35.5. The second-order valence-corrected chi connectivity index (χ2v) is 7.29. The number of hydrogen-bond acceptors (Lipinski definition) is 5. The van der Waals surface area contributed by atoms with Crippen LogP contribution in [0, 0.1) is 5.82 Å². The van der Waals surface area contributed by atoms with Gasteiger partial charge >= 0.3 is 6.09 Å². The summed E-state index contributed by atoms with van der Waals surface area (Å²) in [5, 5.41) is 15.4. The molecule has 0 spiro atoms. The molecule has 30 heavy (non-hydrogen) atoms. The van der Waals surface area contributed by atoms with Crippen LogP contribution in [-0.2, 0) is 24.8 Å². The van der Waals surface area contributed by atoms with E-state index in [1.54, 1.807) is 11.6 Å². The predicted molar refractivity (Wildman–Crippen MR) is 106 cm³/mol. The van der Waals surface area contributed by atoms with Gasteiger partial charge < -0.3 is 19.9 Å². The topological polar surface area (TPSA) is 114 Å². The van der Waals surface area contributed by atoms with Gasteiger partial charge in [-0.3, -0.25) is 4.79 Å². The number of alkyl carbamates (subject to hydrolysis) is 1. The Morgan fingerprint density at radius 2 is 2.27 bits per heavy atom. The average molecular weight is 433 g/mol. The average Bonchev–Trinajstić information content (AvgIpc) is 3.41. The monoisotopic (exact) mass is 432 g/mol. The highest BCUT2D eigenvalue weighted by molar-refractivity contribution is 6.31. The third kappa shape index (κ3) is 3.99.